The van der Waals surface area contributed by atoms with Gasteiger partial charge in [0.2, 0.25) is 15.8 Å². The molecule has 0 aliphatic heterocycles. The molecule has 1 aromatic rings. The van der Waals surface area contributed by atoms with Gasteiger partial charge in [0.1, 0.15) is 5.70 Å². The van der Waals surface area contributed by atoms with E-state index in [1.54, 1.807) is 49.3 Å². The fourth-order valence-corrected chi connectivity index (χ4v) is 1.88. The molecule has 0 radical (unpaired) electrons. The first-order valence-corrected chi connectivity index (χ1v) is 7.14. The number of hydrogen-bond acceptors (Lipinski definition) is 4. The van der Waals surface area contributed by atoms with Gasteiger partial charge in [-0.2, -0.15) is 0 Å². The van der Waals surface area contributed by atoms with Crippen LogP contribution in [0.2, 0.25) is 0 Å². The third kappa shape index (κ3) is 4.58. The molecule has 0 aliphatic carbocycles. The van der Waals surface area contributed by atoms with Crippen LogP contribution in [-0.2, 0) is 10.0 Å². The summed E-state index contributed by atoms with van der Waals surface area (Å²) in [6, 6.07) is 8.50. The number of ketones is 1. The molecule has 0 saturated carbocycles. The van der Waals surface area contributed by atoms with Crippen molar-refractivity contribution < 1.29 is 13.2 Å². The maximum atomic E-state index is 12.1. The number of allylic oxidation sites excluding steroid dienone is 1. The molecule has 6 heteroatoms. The van der Waals surface area contributed by atoms with E-state index in [4.69, 9.17) is 0 Å². The highest BCUT2D eigenvalue weighted by Crippen LogP contribution is 2.07. The van der Waals surface area contributed by atoms with E-state index >= 15 is 0 Å². The maximum Gasteiger partial charge on any atom is 0.229 e. The second-order valence-electron chi connectivity index (χ2n) is 4.08. The molecule has 0 fully saturated rings. The fourth-order valence-electron chi connectivity index (χ4n) is 1.33. The van der Waals surface area contributed by atoms with Crippen molar-refractivity contribution in [1.29, 1.82) is 0 Å². The summed E-state index contributed by atoms with van der Waals surface area (Å²) in [7, 11) is -0.0667. The zero-order valence-electron chi connectivity index (χ0n) is 10.5. The van der Waals surface area contributed by atoms with Crippen molar-refractivity contribution in [3.63, 3.8) is 0 Å². The summed E-state index contributed by atoms with van der Waals surface area (Å²) in [6.07, 6.45) is 2.45. The lowest BCUT2D eigenvalue weighted by Gasteiger charge is -2.12. The molecule has 18 heavy (non-hydrogen) atoms. The smallest absolute Gasteiger partial charge is 0.229 e. The minimum absolute atomic E-state index is 0.0219. The van der Waals surface area contributed by atoms with Gasteiger partial charge < -0.3 is 4.90 Å². The third-order valence-electron chi connectivity index (χ3n) is 1.96. The van der Waals surface area contributed by atoms with E-state index in [1.165, 1.54) is 6.20 Å². The van der Waals surface area contributed by atoms with Crippen LogP contribution < -0.4 is 4.72 Å². The van der Waals surface area contributed by atoms with Crippen LogP contribution in [0.4, 0.5) is 0 Å². The number of nitrogens with one attached hydrogen (secondary N) is 1. The van der Waals surface area contributed by atoms with Crippen LogP contribution in [0.15, 0.2) is 42.2 Å². The quantitative estimate of drug-likeness (QED) is 0.634. The Morgan fingerprint density at radius 2 is 1.78 bits per heavy atom. The van der Waals surface area contributed by atoms with E-state index in [2.05, 4.69) is 4.72 Å². The van der Waals surface area contributed by atoms with Crippen molar-refractivity contribution in [2.24, 2.45) is 0 Å². The zero-order chi connectivity index (χ0) is 13.8. The Kier molecular flexibility index (Phi) is 4.49. The molecule has 0 atom stereocenters. The molecule has 0 spiro atoms. The molecule has 1 rings (SSSR count). The normalized spacial score (nSPS) is 12.1. The molecular formula is C12H16N2O3S. The molecule has 0 aliphatic rings. The Morgan fingerprint density at radius 3 is 2.22 bits per heavy atom. The molecule has 1 N–H and O–H groups in total. The van der Waals surface area contributed by atoms with Gasteiger partial charge in [0.15, 0.2) is 0 Å². The highest BCUT2D eigenvalue weighted by molar-refractivity contribution is 7.88. The minimum Gasteiger partial charge on any atom is -0.382 e. The Hall–Kier alpha value is -1.82. The highest BCUT2D eigenvalue weighted by atomic mass is 32.2. The predicted octanol–water partition coefficient (Wildman–Crippen LogP) is 0.821. The van der Waals surface area contributed by atoms with Gasteiger partial charge in [-0.1, -0.05) is 30.3 Å². The average Bonchev–Trinajstić information content (AvgIpc) is 2.26. The summed E-state index contributed by atoms with van der Waals surface area (Å²) in [5.74, 6) is -0.366. The van der Waals surface area contributed by atoms with Crippen LogP contribution in [-0.4, -0.2) is 39.5 Å². The third-order valence-corrected chi connectivity index (χ3v) is 2.55. The topological polar surface area (TPSA) is 66.5 Å². The molecule has 5 nitrogen and oxygen atoms in total. The first kappa shape index (κ1) is 14.2. The molecule has 0 unspecified atom stereocenters. The minimum atomic E-state index is -3.49. The van der Waals surface area contributed by atoms with Gasteiger partial charge in [-0.3, -0.25) is 9.52 Å². The largest absolute Gasteiger partial charge is 0.382 e. The standard InChI is InChI=1S/C12H16N2O3S/c1-14(2)9-11(13-18(3,16)17)12(15)10-7-5-4-6-8-10/h4-9,13H,1-3H3/b11-9+. The molecule has 0 heterocycles. The molecular weight excluding hydrogens is 252 g/mol. The van der Waals surface area contributed by atoms with Crippen LogP contribution in [0.3, 0.4) is 0 Å². The zero-order valence-corrected chi connectivity index (χ0v) is 11.4. The van der Waals surface area contributed by atoms with Crippen molar-refractivity contribution in [2.75, 3.05) is 20.4 Å². The van der Waals surface area contributed by atoms with Crippen LogP contribution >= 0.6 is 0 Å². The van der Waals surface area contributed by atoms with E-state index in [-0.39, 0.29) is 11.5 Å². The number of nitrogens with zero attached hydrogens (tertiary/aromatic N) is 1. The average molecular weight is 268 g/mol. The number of sulfonamides is 1. The van der Waals surface area contributed by atoms with E-state index in [0.717, 1.165) is 6.26 Å². The second kappa shape index (κ2) is 5.68. The summed E-state index contributed by atoms with van der Waals surface area (Å²) in [4.78, 5) is 13.7. The second-order valence-corrected chi connectivity index (χ2v) is 5.82. The van der Waals surface area contributed by atoms with E-state index in [0.29, 0.717) is 5.56 Å². The van der Waals surface area contributed by atoms with Gasteiger partial charge in [0.25, 0.3) is 0 Å². The Bertz CT molecular complexity index is 548. The first-order valence-electron chi connectivity index (χ1n) is 5.25. The summed E-state index contributed by atoms with van der Waals surface area (Å²) in [6.45, 7) is 0. The van der Waals surface area contributed by atoms with Crippen molar-refractivity contribution in [3.05, 3.63) is 47.8 Å². The van der Waals surface area contributed by atoms with Gasteiger partial charge >= 0.3 is 0 Å². The van der Waals surface area contributed by atoms with E-state index < -0.39 is 10.0 Å². The van der Waals surface area contributed by atoms with E-state index in [1.807, 2.05) is 0 Å². The molecule has 1 aromatic carbocycles. The Balaban J connectivity index is 3.09. The van der Waals surface area contributed by atoms with Gasteiger partial charge in [-0.25, -0.2) is 8.42 Å². The monoisotopic (exact) mass is 268 g/mol. The number of carbonyl (C=O) groups is 1. The number of rotatable bonds is 5. The Morgan fingerprint density at radius 1 is 1.22 bits per heavy atom. The molecule has 0 bridgehead atoms. The number of hydrogen-bond donors (Lipinski definition) is 1. The van der Waals surface area contributed by atoms with Crippen molar-refractivity contribution in [2.45, 2.75) is 0 Å². The van der Waals surface area contributed by atoms with Gasteiger partial charge in [0, 0.05) is 25.9 Å². The predicted molar refractivity (Wildman–Crippen MR) is 70.5 cm³/mol. The fraction of sp³-hybridized carbons (Fsp3) is 0.250. The van der Waals surface area contributed by atoms with Crippen molar-refractivity contribution in [1.82, 2.24) is 9.62 Å². The number of Topliss-reactive ketones (excluding diaryl/α,β-unsaturated/α-hetero) is 1. The lowest BCUT2D eigenvalue weighted by Crippen LogP contribution is -2.28. The maximum absolute atomic E-state index is 12.1. The van der Waals surface area contributed by atoms with Gasteiger partial charge in [-0.15, -0.1) is 0 Å². The molecule has 98 valence electrons. The highest BCUT2D eigenvalue weighted by Gasteiger charge is 2.15. The first-order chi connectivity index (χ1) is 8.29. The van der Waals surface area contributed by atoms with Crippen molar-refractivity contribution >= 4 is 15.8 Å². The van der Waals surface area contributed by atoms with Crippen LogP contribution in [0.5, 0.6) is 0 Å². The van der Waals surface area contributed by atoms with Gasteiger partial charge in [-0.05, 0) is 0 Å². The van der Waals surface area contributed by atoms with Crippen molar-refractivity contribution in [3.8, 4) is 0 Å². The number of carbonyl (C=O) groups excluding carboxylic acids is 1. The van der Waals surface area contributed by atoms with Crippen LogP contribution in [0.25, 0.3) is 0 Å². The van der Waals surface area contributed by atoms with Gasteiger partial charge in [0.05, 0.1) is 6.26 Å². The summed E-state index contributed by atoms with van der Waals surface area (Å²) < 4.78 is 24.7. The molecule has 0 saturated heterocycles. The van der Waals surface area contributed by atoms with Crippen LogP contribution in [0, 0.1) is 0 Å². The van der Waals surface area contributed by atoms with E-state index in [9.17, 15) is 13.2 Å². The number of benzene rings is 1. The summed E-state index contributed by atoms with van der Waals surface area (Å²) in [5.41, 5.74) is 0.454. The summed E-state index contributed by atoms with van der Waals surface area (Å²) in [5, 5.41) is 0. The molecule has 0 amide bonds. The SMILES string of the molecule is CN(C)/C=C(/NS(C)(=O)=O)C(=O)c1ccccc1. The summed E-state index contributed by atoms with van der Waals surface area (Å²) >= 11 is 0. The lowest BCUT2D eigenvalue weighted by molar-refractivity contribution is 0.102. The Labute approximate surface area is 107 Å². The molecule has 0 aromatic heterocycles. The van der Waals surface area contributed by atoms with Crippen LogP contribution in [0.1, 0.15) is 10.4 Å². The lowest BCUT2D eigenvalue weighted by atomic mass is 10.1.